The predicted molar refractivity (Wildman–Crippen MR) is 144 cm³/mol. The molecule has 34 heavy (non-hydrogen) atoms. The van der Waals surface area contributed by atoms with E-state index in [1.54, 1.807) is 0 Å². The normalized spacial score (nSPS) is 12.5. The zero-order valence-electron chi connectivity index (χ0n) is 18.7. The van der Waals surface area contributed by atoms with Gasteiger partial charge in [0.05, 0.1) is 5.52 Å². The molecular formula is C29H24BrNO2Si. The Labute approximate surface area is 208 Å². The molecule has 0 spiro atoms. The molecule has 0 saturated carbocycles. The lowest BCUT2D eigenvalue weighted by Crippen LogP contribution is -2.59. The highest BCUT2D eigenvalue weighted by Crippen LogP contribution is 2.34. The van der Waals surface area contributed by atoms with Gasteiger partial charge in [-0.05, 0) is 32.9 Å². The number of fused-ring (bicyclic) bond motifs is 1. The number of hydrogen-bond acceptors (Lipinski definition) is 2. The van der Waals surface area contributed by atoms with Crippen LogP contribution in [-0.4, -0.2) is 19.1 Å². The van der Waals surface area contributed by atoms with Crippen molar-refractivity contribution in [2.24, 2.45) is 0 Å². The second-order valence-electron chi connectivity index (χ2n) is 8.40. The van der Waals surface area contributed by atoms with Crippen molar-refractivity contribution in [3.8, 4) is 0 Å². The summed E-state index contributed by atoms with van der Waals surface area (Å²) < 4.78 is 8.04. The summed E-state index contributed by atoms with van der Waals surface area (Å²) in [7, 11) is -2.77. The Bertz CT molecular complexity index is 1380. The minimum absolute atomic E-state index is 0.0515. The summed E-state index contributed by atoms with van der Waals surface area (Å²) in [4.78, 5) is 17.4. The van der Waals surface area contributed by atoms with Crippen LogP contribution in [0.4, 0.5) is 0 Å². The van der Waals surface area contributed by atoms with E-state index < -0.39 is 14.4 Å². The van der Waals surface area contributed by atoms with Crippen molar-refractivity contribution in [1.29, 1.82) is 0 Å². The van der Waals surface area contributed by atoms with E-state index >= 15 is 0 Å². The average molecular weight is 527 g/mol. The quantitative estimate of drug-likeness (QED) is 0.201. The van der Waals surface area contributed by atoms with Crippen LogP contribution in [0, 0.1) is 0 Å². The van der Waals surface area contributed by atoms with Crippen molar-refractivity contribution >= 4 is 51.3 Å². The van der Waals surface area contributed by atoms with E-state index in [0.717, 1.165) is 31.3 Å². The highest BCUT2D eigenvalue weighted by Gasteiger charge is 2.40. The summed E-state index contributed by atoms with van der Waals surface area (Å²) in [6.45, 7) is 2.17. The van der Waals surface area contributed by atoms with E-state index in [1.165, 1.54) is 0 Å². The third-order valence-corrected chi connectivity index (χ3v) is 10.5. The maximum atomic E-state index is 14.0. The van der Waals surface area contributed by atoms with Crippen LogP contribution in [0.5, 0.6) is 0 Å². The number of para-hydroxylation sites is 1. The number of benzene rings is 4. The third kappa shape index (κ3) is 4.18. The summed E-state index contributed by atoms with van der Waals surface area (Å²) in [5.74, 6) is -0.0515. The Kier molecular flexibility index (Phi) is 6.33. The van der Waals surface area contributed by atoms with E-state index in [2.05, 4.69) is 51.7 Å². The van der Waals surface area contributed by atoms with Crippen LogP contribution < -0.4 is 10.4 Å². The topological polar surface area (TPSA) is 42.1 Å². The Morgan fingerprint density at radius 1 is 0.794 bits per heavy atom. The fraction of sp³-hybridized carbons (Fsp3) is 0.0690. The average Bonchev–Trinajstić information content (AvgIpc) is 3.29. The molecule has 0 unspecified atom stereocenters. The van der Waals surface area contributed by atoms with Crippen LogP contribution in [0.1, 0.15) is 22.0 Å². The molecule has 1 atom stereocenters. The van der Waals surface area contributed by atoms with Gasteiger partial charge in [-0.3, -0.25) is 4.79 Å². The molecule has 1 aromatic heterocycles. The van der Waals surface area contributed by atoms with Gasteiger partial charge in [0, 0.05) is 27.2 Å². The Morgan fingerprint density at radius 2 is 1.35 bits per heavy atom. The van der Waals surface area contributed by atoms with Crippen molar-refractivity contribution in [2.75, 3.05) is 0 Å². The summed E-state index contributed by atoms with van der Waals surface area (Å²) in [5.41, 5.74) is 2.37. The van der Waals surface area contributed by atoms with E-state index in [4.69, 9.17) is 4.43 Å². The lowest BCUT2D eigenvalue weighted by Gasteiger charge is -2.33. The largest absolute Gasteiger partial charge is 0.394 e. The maximum Gasteiger partial charge on any atom is 0.254 e. The van der Waals surface area contributed by atoms with Crippen LogP contribution in [0.3, 0.4) is 0 Å². The summed E-state index contributed by atoms with van der Waals surface area (Å²) >= 11 is 3.62. The molecule has 0 aliphatic rings. The molecule has 0 fully saturated rings. The van der Waals surface area contributed by atoms with Gasteiger partial charge >= 0.3 is 0 Å². The van der Waals surface area contributed by atoms with Crippen molar-refractivity contribution < 1.29 is 9.22 Å². The Hall–Kier alpha value is -3.25. The standard InChI is InChI=1S/C29H24BrNO2Si/c1-34(22-14-7-3-8-15-22,23-16-9-4-10-17-23)33-29(28(32)21-12-5-2-6-13-21)25-19-11-18-24-26(30)20-31-27(24)25/h2-20,29,31H,1H3/t29-/m0/s1. The molecule has 1 heterocycles. The number of carbonyl (C=O) groups is 1. The van der Waals surface area contributed by atoms with Gasteiger partial charge in [0.15, 0.2) is 5.78 Å². The molecule has 0 radical (unpaired) electrons. The Balaban J connectivity index is 1.70. The number of carbonyl (C=O) groups excluding carboxylic acids is 1. The van der Waals surface area contributed by atoms with Crippen LogP contribution in [0.25, 0.3) is 10.9 Å². The number of rotatable bonds is 7. The molecular weight excluding hydrogens is 502 g/mol. The molecule has 0 amide bonds. The number of aromatic amines is 1. The molecule has 5 heteroatoms. The molecule has 0 aliphatic heterocycles. The number of Topliss-reactive ketones (excluding diaryl/α,β-unsaturated/α-hetero) is 1. The molecule has 0 saturated heterocycles. The monoisotopic (exact) mass is 525 g/mol. The molecule has 0 aliphatic carbocycles. The van der Waals surface area contributed by atoms with E-state index in [9.17, 15) is 4.79 Å². The van der Waals surface area contributed by atoms with Gasteiger partial charge < -0.3 is 9.41 Å². The van der Waals surface area contributed by atoms with Gasteiger partial charge in [0.1, 0.15) is 6.10 Å². The second kappa shape index (κ2) is 9.55. The fourth-order valence-corrected chi connectivity index (χ4v) is 7.84. The van der Waals surface area contributed by atoms with Gasteiger partial charge in [-0.1, -0.05) is 109 Å². The van der Waals surface area contributed by atoms with Crippen molar-refractivity contribution in [3.05, 3.63) is 131 Å². The zero-order chi connectivity index (χ0) is 23.5. The first-order valence-corrected chi connectivity index (χ1v) is 14.4. The fourth-order valence-electron chi connectivity index (χ4n) is 4.42. The van der Waals surface area contributed by atoms with E-state index in [-0.39, 0.29) is 5.78 Å². The number of hydrogen-bond donors (Lipinski definition) is 1. The third-order valence-electron chi connectivity index (χ3n) is 6.28. The summed E-state index contributed by atoms with van der Waals surface area (Å²) in [5, 5.41) is 3.26. The predicted octanol–water partition coefficient (Wildman–Crippen LogP) is 6.26. The molecule has 4 aromatic carbocycles. The number of nitrogens with one attached hydrogen (secondary N) is 1. The van der Waals surface area contributed by atoms with Crippen molar-refractivity contribution in [2.45, 2.75) is 12.7 Å². The van der Waals surface area contributed by atoms with Gasteiger partial charge in [-0.2, -0.15) is 0 Å². The van der Waals surface area contributed by atoms with Gasteiger partial charge in [-0.15, -0.1) is 0 Å². The van der Waals surface area contributed by atoms with Crippen LogP contribution in [0.2, 0.25) is 6.55 Å². The van der Waals surface area contributed by atoms with Crippen LogP contribution in [-0.2, 0) is 4.43 Å². The molecule has 5 aromatic rings. The van der Waals surface area contributed by atoms with Crippen LogP contribution in [0.15, 0.2) is 120 Å². The first kappa shape index (κ1) is 22.5. The second-order valence-corrected chi connectivity index (χ2v) is 12.7. The highest BCUT2D eigenvalue weighted by molar-refractivity contribution is 9.10. The number of halogens is 1. The van der Waals surface area contributed by atoms with Gasteiger partial charge in [0.25, 0.3) is 8.32 Å². The van der Waals surface area contributed by atoms with Crippen LogP contribution >= 0.6 is 15.9 Å². The number of ketones is 1. The van der Waals surface area contributed by atoms with Gasteiger partial charge in [-0.25, -0.2) is 0 Å². The first-order chi connectivity index (χ1) is 16.6. The lowest BCUT2D eigenvalue weighted by molar-refractivity contribution is 0.0788. The van der Waals surface area contributed by atoms with Crippen molar-refractivity contribution in [1.82, 2.24) is 4.98 Å². The number of aromatic nitrogens is 1. The van der Waals surface area contributed by atoms with Gasteiger partial charge in [0.2, 0.25) is 0 Å². The SMILES string of the molecule is C[Si](O[C@H](C(=O)c1ccccc1)c1cccc2c(Br)c[nH]c12)(c1ccccc1)c1ccccc1. The molecule has 3 nitrogen and oxygen atoms in total. The molecule has 0 bridgehead atoms. The summed E-state index contributed by atoms with van der Waals surface area (Å²) in [6.07, 6.45) is 1.14. The van der Waals surface area contributed by atoms with Crippen molar-refractivity contribution in [3.63, 3.8) is 0 Å². The Morgan fingerprint density at radius 3 is 1.94 bits per heavy atom. The number of H-pyrrole nitrogens is 1. The molecule has 5 rings (SSSR count). The first-order valence-electron chi connectivity index (χ1n) is 11.2. The van der Waals surface area contributed by atoms with E-state index in [0.29, 0.717) is 5.56 Å². The lowest BCUT2D eigenvalue weighted by atomic mass is 9.98. The maximum absolute atomic E-state index is 14.0. The van der Waals surface area contributed by atoms with E-state index in [1.807, 2.05) is 91.1 Å². The molecule has 168 valence electrons. The minimum atomic E-state index is -2.77. The molecule has 1 N–H and O–H groups in total. The highest BCUT2D eigenvalue weighted by atomic mass is 79.9. The summed E-state index contributed by atoms with van der Waals surface area (Å²) in [6, 6.07) is 36.0. The zero-order valence-corrected chi connectivity index (χ0v) is 21.3. The smallest absolute Gasteiger partial charge is 0.254 e. The minimum Gasteiger partial charge on any atom is -0.394 e.